The van der Waals surface area contributed by atoms with E-state index >= 15 is 0 Å². The Kier molecular flexibility index (Phi) is 18.5. The number of benzene rings is 2. The Morgan fingerprint density at radius 3 is 1.84 bits per heavy atom. The Bertz CT molecular complexity index is 1900. The number of amides is 8. The second kappa shape index (κ2) is 23.2. The highest BCUT2D eigenvalue weighted by Crippen LogP contribution is 2.13. The zero-order chi connectivity index (χ0) is 45.4. The Labute approximate surface area is 350 Å². The van der Waals surface area contributed by atoms with Gasteiger partial charge in [-0.3, -0.25) is 43.2 Å². The molecule has 1 heterocycles. The SMILES string of the molecule is CC(C)[C@H](NC(=O)[C@H](CO)NC(=O)[C@@H](N)CC(=O)O)C(=O)N[C@H]1CNC(=O)[C@H](Cc2ccccc2)NC(=O)[C@H](Cc2ccc(O)cc2)NC(=O)[C@H](CO)NC(=O)[C@H](C)NC1=O. The van der Waals surface area contributed by atoms with Gasteiger partial charge in [-0.1, -0.05) is 56.3 Å². The molecule has 332 valence electrons. The van der Waals surface area contributed by atoms with Crippen LogP contribution in [0.2, 0.25) is 0 Å². The Balaban J connectivity index is 1.96. The van der Waals surface area contributed by atoms with Crippen LogP contribution in [0, 0.1) is 5.92 Å². The van der Waals surface area contributed by atoms with Crippen molar-refractivity contribution in [1.82, 2.24) is 42.5 Å². The first-order chi connectivity index (χ1) is 28.8. The third-order valence-corrected chi connectivity index (χ3v) is 9.40. The number of carbonyl (C=O) groups excluding carboxylic acids is 8. The fourth-order valence-electron chi connectivity index (χ4n) is 5.89. The lowest BCUT2D eigenvalue weighted by molar-refractivity contribution is -0.140. The molecule has 22 heteroatoms. The lowest BCUT2D eigenvalue weighted by Crippen LogP contribution is -2.63. The maximum atomic E-state index is 13.9. The molecule has 8 amide bonds. The zero-order valence-corrected chi connectivity index (χ0v) is 33.7. The number of carboxylic acid groups (broad SMARTS) is 1. The van der Waals surface area contributed by atoms with Gasteiger partial charge in [0.15, 0.2) is 0 Å². The molecule has 8 atom stereocenters. The first-order valence-corrected chi connectivity index (χ1v) is 19.2. The summed E-state index contributed by atoms with van der Waals surface area (Å²) in [5.41, 5.74) is 6.65. The van der Waals surface area contributed by atoms with Gasteiger partial charge in [-0.2, -0.15) is 0 Å². The molecule has 2 aromatic rings. The van der Waals surface area contributed by atoms with E-state index in [0.29, 0.717) is 11.1 Å². The van der Waals surface area contributed by atoms with Crippen molar-refractivity contribution in [3.63, 3.8) is 0 Å². The summed E-state index contributed by atoms with van der Waals surface area (Å²) in [5.74, 6) is -9.93. The molecular formula is C39H53N9O13. The molecule has 61 heavy (non-hydrogen) atoms. The molecule has 0 aromatic heterocycles. The maximum absolute atomic E-state index is 13.9. The molecule has 1 saturated heterocycles. The molecule has 22 nitrogen and oxygen atoms in total. The van der Waals surface area contributed by atoms with Crippen molar-refractivity contribution in [1.29, 1.82) is 0 Å². The maximum Gasteiger partial charge on any atom is 0.305 e. The minimum Gasteiger partial charge on any atom is -0.508 e. The zero-order valence-electron chi connectivity index (χ0n) is 33.7. The lowest BCUT2D eigenvalue weighted by Gasteiger charge is -2.29. The molecule has 1 aliphatic heterocycles. The number of nitrogens with two attached hydrogens (primary N) is 1. The molecule has 1 aliphatic rings. The van der Waals surface area contributed by atoms with E-state index in [1.54, 1.807) is 30.3 Å². The topological polar surface area (TPSA) is 357 Å². The molecule has 0 bridgehead atoms. The number of nitrogens with one attached hydrogen (secondary N) is 8. The molecule has 0 saturated carbocycles. The lowest BCUT2D eigenvalue weighted by atomic mass is 10.0. The van der Waals surface area contributed by atoms with Crippen LogP contribution in [0.5, 0.6) is 5.75 Å². The number of aliphatic hydroxyl groups is 2. The van der Waals surface area contributed by atoms with Crippen molar-refractivity contribution >= 4 is 53.2 Å². The fourth-order valence-corrected chi connectivity index (χ4v) is 5.89. The van der Waals surface area contributed by atoms with Crippen LogP contribution in [0.3, 0.4) is 0 Å². The minimum absolute atomic E-state index is 0.0595. The first kappa shape index (κ1) is 48.7. The standard InChI is InChI=1S/C39H53N9O13/c1-19(2)31(48-38(60)29(18-50)47-33(55)24(40)15-30(52)53)39(61)45-27-16-41-34(56)25(13-21-7-5-4-6-8-21)43-35(57)26(14-22-9-11-23(51)12-10-22)44-37(59)28(17-49)46-32(54)20(3)42-36(27)58/h4-12,19-20,24-29,31,49-51H,13-18,40H2,1-3H3,(H,41,56)(H,42,58)(H,43,57)(H,44,59)(H,45,61)(H,46,54)(H,47,55)(H,48,60)(H,52,53)/t20-,24-,25-,26-,27-,28-,29-,31-/m0/s1. The average molecular weight is 856 g/mol. The van der Waals surface area contributed by atoms with Crippen LogP contribution in [0.4, 0.5) is 0 Å². The predicted molar refractivity (Wildman–Crippen MR) is 213 cm³/mol. The summed E-state index contributed by atoms with van der Waals surface area (Å²) in [7, 11) is 0. The van der Waals surface area contributed by atoms with Crippen molar-refractivity contribution in [3.05, 3.63) is 65.7 Å². The van der Waals surface area contributed by atoms with Crippen LogP contribution < -0.4 is 48.3 Å². The summed E-state index contributed by atoms with van der Waals surface area (Å²) in [6.07, 6.45) is -1.01. The predicted octanol–water partition coefficient (Wildman–Crippen LogP) is -4.84. The molecule has 0 radical (unpaired) electrons. The monoisotopic (exact) mass is 855 g/mol. The van der Waals surface area contributed by atoms with E-state index in [2.05, 4.69) is 42.5 Å². The van der Waals surface area contributed by atoms with Gasteiger partial charge in [-0.15, -0.1) is 0 Å². The molecule has 0 aliphatic carbocycles. The summed E-state index contributed by atoms with van der Waals surface area (Å²) >= 11 is 0. The van der Waals surface area contributed by atoms with Gasteiger partial charge in [-0.25, -0.2) is 0 Å². The van der Waals surface area contributed by atoms with Gasteiger partial charge >= 0.3 is 5.97 Å². The van der Waals surface area contributed by atoms with E-state index in [1.165, 1.54) is 45.0 Å². The number of hydrogen-bond acceptors (Lipinski definition) is 13. The molecule has 3 rings (SSSR count). The minimum atomic E-state index is -1.67. The fraction of sp³-hybridized carbons (Fsp3) is 0.462. The van der Waals surface area contributed by atoms with E-state index in [1.807, 2.05) is 0 Å². The second-order valence-electron chi connectivity index (χ2n) is 14.6. The van der Waals surface area contributed by atoms with E-state index in [-0.39, 0.29) is 18.6 Å². The Hall–Kier alpha value is -6.65. The Morgan fingerprint density at radius 2 is 1.28 bits per heavy atom. The number of rotatable bonds is 15. The van der Waals surface area contributed by atoms with Gasteiger partial charge in [0.2, 0.25) is 47.3 Å². The first-order valence-electron chi connectivity index (χ1n) is 19.2. The van der Waals surface area contributed by atoms with Crippen LogP contribution in [0.15, 0.2) is 54.6 Å². The van der Waals surface area contributed by atoms with Crippen molar-refractivity contribution in [3.8, 4) is 5.75 Å². The smallest absolute Gasteiger partial charge is 0.305 e. The van der Waals surface area contributed by atoms with Crippen molar-refractivity contribution in [2.75, 3.05) is 19.8 Å². The van der Waals surface area contributed by atoms with Crippen molar-refractivity contribution in [2.45, 2.75) is 88.4 Å². The number of carboxylic acids is 1. The van der Waals surface area contributed by atoms with Crippen molar-refractivity contribution in [2.24, 2.45) is 11.7 Å². The number of phenolic OH excluding ortho intramolecular Hbond substituents is 1. The van der Waals surface area contributed by atoms with Crippen LogP contribution in [0.25, 0.3) is 0 Å². The largest absolute Gasteiger partial charge is 0.508 e. The van der Waals surface area contributed by atoms with Gasteiger partial charge in [0.25, 0.3) is 0 Å². The number of carbonyl (C=O) groups is 9. The van der Waals surface area contributed by atoms with Crippen molar-refractivity contribution < 1.29 is 63.6 Å². The number of aromatic hydroxyl groups is 1. The molecule has 14 N–H and O–H groups in total. The third-order valence-electron chi connectivity index (χ3n) is 9.40. The van der Waals surface area contributed by atoms with E-state index < -0.39 is 134 Å². The molecular weight excluding hydrogens is 802 g/mol. The summed E-state index contributed by atoms with van der Waals surface area (Å²) in [6.45, 7) is 1.74. The van der Waals surface area contributed by atoms with Gasteiger partial charge in [0.1, 0.15) is 48.0 Å². The van der Waals surface area contributed by atoms with Crippen LogP contribution >= 0.6 is 0 Å². The molecule has 1 fully saturated rings. The number of aliphatic carboxylic acids is 1. The highest BCUT2D eigenvalue weighted by molar-refractivity contribution is 5.98. The third kappa shape index (κ3) is 15.2. The highest BCUT2D eigenvalue weighted by Gasteiger charge is 2.35. The normalized spacial score (nSPS) is 21.9. The molecule has 0 spiro atoms. The quantitative estimate of drug-likeness (QED) is 0.0800. The summed E-state index contributed by atoms with van der Waals surface area (Å²) in [5, 5.41) is 57.9. The summed E-state index contributed by atoms with van der Waals surface area (Å²) in [4.78, 5) is 118. The number of hydrogen-bond donors (Lipinski definition) is 13. The van der Waals surface area contributed by atoms with Gasteiger partial charge in [0, 0.05) is 19.4 Å². The Morgan fingerprint density at radius 1 is 0.721 bits per heavy atom. The average Bonchev–Trinajstić information content (AvgIpc) is 3.21. The van der Waals surface area contributed by atoms with Gasteiger partial charge in [-0.05, 0) is 36.1 Å². The highest BCUT2D eigenvalue weighted by atomic mass is 16.4. The van der Waals surface area contributed by atoms with E-state index in [4.69, 9.17) is 10.8 Å². The summed E-state index contributed by atoms with van der Waals surface area (Å²) < 4.78 is 0. The summed E-state index contributed by atoms with van der Waals surface area (Å²) in [6, 6.07) is 2.16. The number of phenols is 1. The van der Waals surface area contributed by atoms with Crippen LogP contribution in [-0.4, -0.2) is 142 Å². The second-order valence-corrected chi connectivity index (χ2v) is 14.6. The van der Waals surface area contributed by atoms with Gasteiger partial charge < -0.3 is 68.7 Å². The molecule has 0 unspecified atom stereocenters. The van der Waals surface area contributed by atoms with Crippen LogP contribution in [-0.2, 0) is 56.0 Å². The number of aliphatic hydroxyl groups excluding tert-OH is 2. The van der Waals surface area contributed by atoms with Gasteiger partial charge in [0.05, 0.1) is 25.7 Å². The molecule has 2 aromatic carbocycles. The van der Waals surface area contributed by atoms with Crippen LogP contribution in [0.1, 0.15) is 38.3 Å². The van der Waals surface area contributed by atoms with E-state index in [9.17, 15) is 58.5 Å². The van der Waals surface area contributed by atoms with E-state index in [0.717, 1.165) is 0 Å².